The molecule has 0 aromatic carbocycles. The molecule has 4 heteroatoms. The Kier molecular flexibility index (Phi) is 2.44. The second-order valence-electron chi connectivity index (χ2n) is 1.83. The maximum atomic E-state index is 8.92. The highest BCUT2D eigenvalue weighted by molar-refractivity contribution is 14.1. The van der Waals surface area contributed by atoms with Gasteiger partial charge in [0, 0.05) is 10.1 Å². The Morgan fingerprint density at radius 2 is 2.40 bits per heavy atom. The Bertz CT molecular complexity index is 239. The van der Waals surface area contributed by atoms with Crippen LogP contribution in [0.15, 0.2) is 12.3 Å². The Morgan fingerprint density at radius 1 is 1.70 bits per heavy atom. The molecule has 0 fully saturated rings. The molecule has 0 amide bonds. The average molecular weight is 250 g/mol. The summed E-state index contributed by atoms with van der Waals surface area (Å²) in [5.74, 6) is 0.182. The third-order valence-corrected chi connectivity index (χ3v) is 2.03. The van der Waals surface area contributed by atoms with Gasteiger partial charge in [-0.2, -0.15) is 0 Å². The summed E-state index contributed by atoms with van der Waals surface area (Å²) in [6, 6.07) is 1.63. The van der Waals surface area contributed by atoms with Crippen molar-refractivity contribution in [3.63, 3.8) is 0 Å². The maximum absolute atomic E-state index is 8.92. The highest BCUT2D eigenvalue weighted by Gasteiger charge is 1.98. The molecule has 3 nitrogen and oxygen atoms in total. The van der Waals surface area contributed by atoms with Crippen LogP contribution in [0, 0.1) is 3.57 Å². The molecular weight excluding hydrogens is 243 g/mol. The summed E-state index contributed by atoms with van der Waals surface area (Å²) in [5.41, 5.74) is 6.17. The molecule has 0 atom stereocenters. The smallest absolute Gasteiger partial charge is 0.134 e. The van der Waals surface area contributed by atoms with Gasteiger partial charge in [-0.15, -0.1) is 0 Å². The summed E-state index contributed by atoms with van der Waals surface area (Å²) in [6.45, 7) is 0.415. The van der Waals surface area contributed by atoms with E-state index in [4.69, 9.17) is 10.8 Å². The standard InChI is InChI=1S/C6H7IN2O/c7-5-1-4(10)3-9-6(5)2-8/h1,3,10H,2,8H2. The number of nitrogens with zero attached hydrogens (tertiary/aromatic N) is 1. The van der Waals surface area contributed by atoms with E-state index < -0.39 is 0 Å². The molecule has 0 saturated carbocycles. The van der Waals surface area contributed by atoms with Crippen LogP contribution in [-0.4, -0.2) is 10.1 Å². The van der Waals surface area contributed by atoms with E-state index in [1.807, 2.05) is 0 Å². The Morgan fingerprint density at radius 3 is 2.90 bits per heavy atom. The first-order valence-corrected chi connectivity index (χ1v) is 3.85. The second-order valence-corrected chi connectivity index (χ2v) is 2.99. The van der Waals surface area contributed by atoms with Crippen LogP contribution in [0.5, 0.6) is 5.75 Å². The molecule has 1 rings (SSSR count). The molecule has 0 spiro atoms. The molecule has 0 aliphatic heterocycles. The molecule has 1 heterocycles. The van der Waals surface area contributed by atoms with Crippen LogP contribution in [-0.2, 0) is 6.54 Å². The first-order valence-electron chi connectivity index (χ1n) is 2.77. The van der Waals surface area contributed by atoms with Crippen LogP contribution in [0.4, 0.5) is 0 Å². The van der Waals surface area contributed by atoms with Gasteiger partial charge in [-0.25, -0.2) is 0 Å². The summed E-state index contributed by atoms with van der Waals surface area (Å²) in [4.78, 5) is 3.91. The molecule has 3 N–H and O–H groups in total. The van der Waals surface area contributed by atoms with Crippen LogP contribution in [0.3, 0.4) is 0 Å². The lowest BCUT2D eigenvalue weighted by molar-refractivity contribution is 0.471. The fourth-order valence-electron chi connectivity index (χ4n) is 0.606. The van der Waals surface area contributed by atoms with Crippen molar-refractivity contribution in [3.05, 3.63) is 21.5 Å². The number of hydrogen-bond donors (Lipinski definition) is 2. The van der Waals surface area contributed by atoms with Crippen LogP contribution in [0.2, 0.25) is 0 Å². The largest absolute Gasteiger partial charge is 0.506 e. The monoisotopic (exact) mass is 250 g/mol. The Labute approximate surface area is 72.4 Å². The number of aromatic nitrogens is 1. The van der Waals surface area contributed by atoms with E-state index >= 15 is 0 Å². The van der Waals surface area contributed by atoms with Gasteiger partial charge in [-0.3, -0.25) is 4.98 Å². The van der Waals surface area contributed by atoms with Crippen LogP contribution >= 0.6 is 22.6 Å². The minimum absolute atomic E-state index is 0.182. The van der Waals surface area contributed by atoms with Gasteiger partial charge in [0.15, 0.2) is 0 Å². The predicted molar refractivity (Wildman–Crippen MR) is 46.5 cm³/mol. The lowest BCUT2D eigenvalue weighted by Crippen LogP contribution is -2.01. The van der Waals surface area contributed by atoms with E-state index in [1.54, 1.807) is 6.07 Å². The Balaban J connectivity index is 3.07. The minimum Gasteiger partial charge on any atom is -0.506 e. The topological polar surface area (TPSA) is 59.1 Å². The number of pyridine rings is 1. The number of rotatable bonds is 1. The molecule has 1 aromatic rings. The van der Waals surface area contributed by atoms with Crippen molar-refractivity contribution in [1.29, 1.82) is 0 Å². The molecule has 10 heavy (non-hydrogen) atoms. The molecule has 0 aliphatic carbocycles. The van der Waals surface area contributed by atoms with Crippen molar-refractivity contribution in [2.45, 2.75) is 6.54 Å². The summed E-state index contributed by atoms with van der Waals surface area (Å²) in [6.07, 6.45) is 1.39. The van der Waals surface area contributed by atoms with Gasteiger partial charge in [0.1, 0.15) is 5.75 Å². The summed E-state index contributed by atoms with van der Waals surface area (Å²) in [7, 11) is 0. The highest BCUT2D eigenvalue weighted by atomic mass is 127. The molecule has 0 radical (unpaired) electrons. The van der Waals surface area contributed by atoms with Crippen molar-refractivity contribution in [1.82, 2.24) is 4.98 Å². The SMILES string of the molecule is NCc1ncc(O)cc1I. The second kappa shape index (κ2) is 3.16. The van der Waals surface area contributed by atoms with Crippen molar-refractivity contribution >= 4 is 22.6 Å². The van der Waals surface area contributed by atoms with E-state index in [2.05, 4.69) is 27.6 Å². The summed E-state index contributed by atoms with van der Waals surface area (Å²) < 4.78 is 0.903. The molecule has 0 aliphatic rings. The number of halogens is 1. The number of aromatic hydroxyl groups is 1. The van der Waals surface area contributed by atoms with Gasteiger partial charge in [0.25, 0.3) is 0 Å². The lowest BCUT2D eigenvalue weighted by Gasteiger charge is -1.98. The van der Waals surface area contributed by atoms with E-state index in [1.165, 1.54) is 6.20 Å². The van der Waals surface area contributed by atoms with Crippen molar-refractivity contribution < 1.29 is 5.11 Å². The molecule has 54 valence electrons. The minimum atomic E-state index is 0.182. The maximum Gasteiger partial charge on any atom is 0.134 e. The number of hydrogen-bond acceptors (Lipinski definition) is 3. The predicted octanol–water partition coefficient (Wildman–Crippen LogP) is 0.851. The summed E-state index contributed by atoms with van der Waals surface area (Å²) in [5, 5.41) is 8.92. The normalized spacial score (nSPS) is 9.80. The Hall–Kier alpha value is -0.360. The van der Waals surface area contributed by atoms with Crippen molar-refractivity contribution in [2.24, 2.45) is 5.73 Å². The fraction of sp³-hybridized carbons (Fsp3) is 0.167. The van der Waals surface area contributed by atoms with Gasteiger partial charge in [-0.1, -0.05) is 0 Å². The zero-order valence-corrected chi connectivity index (χ0v) is 7.37. The molecule has 0 unspecified atom stereocenters. The van der Waals surface area contributed by atoms with Gasteiger partial charge in [0.2, 0.25) is 0 Å². The van der Waals surface area contributed by atoms with Crippen LogP contribution in [0.1, 0.15) is 5.69 Å². The van der Waals surface area contributed by atoms with Gasteiger partial charge < -0.3 is 10.8 Å². The lowest BCUT2D eigenvalue weighted by atomic mass is 10.3. The zero-order chi connectivity index (χ0) is 7.56. The zero-order valence-electron chi connectivity index (χ0n) is 5.21. The van der Waals surface area contributed by atoms with E-state index in [9.17, 15) is 0 Å². The first kappa shape index (κ1) is 7.74. The molecular formula is C6H7IN2O. The number of nitrogens with two attached hydrogens (primary N) is 1. The van der Waals surface area contributed by atoms with E-state index in [0.717, 1.165) is 9.26 Å². The fourth-order valence-corrected chi connectivity index (χ4v) is 1.28. The average Bonchev–Trinajstić information content (AvgIpc) is 1.88. The van der Waals surface area contributed by atoms with Gasteiger partial charge >= 0.3 is 0 Å². The molecule has 1 aromatic heterocycles. The third kappa shape index (κ3) is 1.57. The highest BCUT2D eigenvalue weighted by Crippen LogP contribution is 2.14. The van der Waals surface area contributed by atoms with Crippen LogP contribution < -0.4 is 5.73 Å². The van der Waals surface area contributed by atoms with Gasteiger partial charge in [0.05, 0.1) is 11.9 Å². The summed E-state index contributed by atoms with van der Waals surface area (Å²) >= 11 is 2.08. The van der Waals surface area contributed by atoms with E-state index in [-0.39, 0.29) is 5.75 Å². The molecule has 0 bridgehead atoms. The molecule has 0 saturated heterocycles. The third-order valence-electron chi connectivity index (χ3n) is 1.10. The first-order chi connectivity index (χ1) is 4.74. The quantitative estimate of drug-likeness (QED) is 0.726. The van der Waals surface area contributed by atoms with Crippen LogP contribution in [0.25, 0.3) is 0 Å². The van der Waals surface area contributed by atoms with E-state index in [0.29, 0.717) is 6.54 Å². The van der Waals surface area contributed by atoms with Crippen molar-refractivity contribution in [2.75, 3.05) is 0 Å². The van der Waals surface area contributed by atoms with Gasteiger partial charge in [-0.05, 0) is 28.7 Å². The van der Waals surface area contributed by atoms with Crippen molar-refractivity contribution in [3.8, 4) is 5.75 Å².